The summed E-state index contributed by atoms with van der Waals surface area (Å²) in [6.07, 6.45) is 51.0. The van der Waals surface area contributed by atoms with Crippen molar-refractivity contribution in [3.63, 3.8) is 0 Å². The summed E-state index contributed by atoms with van der Waals surface area (Å²) in [5, 5.41) is 13.9. The fourth-order valence-electron chi connectivity index (χ4n) is 7.39. The van der Waals surface area contributed by atoms with Gasteiger partial charge in [0.25, 0.3) is 0 Å². The number of hydrogen-bond acceptors (Lipinski definition) is 5. The second kappa shape index (κ2) is 42.3. The van der Waals surface area contributed by atoms with E-state index in [1.165, 1.54) is 180 Å². The molecule has 9 heteroatoms. The van der Waals surface area contributed by atoms with Crippen LogP contribution in [0.2, 0.25) is 0 Å². The third-order valence-electron chi connectivity index (χ3n) is 11.4. The van der Waals surface area contributed by atoms with Gasteiger partial charge in [-0.15, -0.1) is 0 Å². The molecular formula is C50H100N2O6P+. The van der Waals surface area contributed by atoms with Crippen molar-refractivity contribution in [2.24, 2.45) is 0 Å². The highest BCUT2D eigenvalue weighted by atomic mass is 31.2. The number of phosphoric ester groups is 1. The summed E-state index contributed by atoms with van der Waals surface area (Å²) in [4.78, 5) is 23.2. The molecule has 0 fully saturated rings. The quantitative estimate of drug-likeness (QED) is 0.0244. The number of aliphatic hydroxyl groups is 1. The van der Waals surface area contributed by atoms with E-state index in [1.807, 2.05) is 27.2 Å². The Morgan fingerprint density at radius 2 is 0.915 bits per heavy atom. The van der Waals surface area contributed by atoms with Gasteiger partial charge < -0.3 is 19.8 Å². The highest BCUT2D eigenvalue weighted by Gasteiger charge is 2.27. The molecule has 0 spiro atoms. The average molecular weight is 856 g/mol. The van der Waals surface area contributed by atoms with Crippen molar-refractivity contribution in [3.8, 4) is 0 Å². The molecule has 0 bridgehead atoms. The number of phosphoric acid groups is 1. The van der Waals surface area contributed by atoms with Crippen molar-refractivity contribution < 1.29 is 32.9 Å². The minimum atomic E-state index is -4.34. The molecule has 0 aliphatic rings. The van der Waals surface area contributed by atoms with Crippen molar-refractivity contribution in [3.05, 3.63) is 24.3 Å². The molecule has 350 valence electrons. The molecule has 1 amide bonds. The number of quaternary nitrogens is 1. The molecule has 59 heavy (non-hydrogen) atoms. The monoisotopic (exact) mass is 856 g/mol. The van der Waals surface area contributed by atoms with Crippen LogP contribution < -0.4 is 5.32 Å². The summed E-state index contributed by atoms with van der Waals surface area (Å²) in [6.45, 7) is 4.83. The van der Waals surface area contributed by atoms with E-state index < -0.39 is 20.0 Å². The lowest BCUT2D eigenvalue weighted by Crippen LogP contribution is -2.45. The van der Waals surface area contributed by atoms with Crippen LogP contribution in [0, 0.1) is 0 Å². The van der Waals surface area contributed by atoms with Gasteiger partial charge in [-0.2, -0.15) is 0 Å². The summed E-state index contributed by atoms with van der Waals surface area (Å²) in [6, 6.07) is -0.846. The van der Waals surface area contributed by atoms with Gasteiger partial charge in [0.15, 0.2) is 0 Å². The lowest BCUT2D eigenvalue weighted by molar-refractivity contribution is -0.870. The molecule has 0 saturated heterocycles. The topological polar surface area (TPSA) is 105 Å². The Bertz CT molecular complexity index is 1020. The van der Waals surface area contributed by atoms with E-state index in [9.17, 15) is 19.4 Å². The van der Waals surface area contributed by atoms with Crippen LogP contribution in [-0.2, 0) is 18.4 Å². The van der Waals surface area contributed by atoms with E-state index in [0.717, 1.165) is 38.5 Å². The molecule has 3 N–H and O–H groups in total. The molecule has 0 aromatic rings. The predicted molar refractivity (Wildman–Crippen MR) is 254 cm³/mol. The normalized spacial score (nSPS) is 14.4. The second-order valence-corrected chi connectivity index (χ2v) is 20.0. The molecule has 8 nitrogen and oxygen atoms in total. The Morgan fingerprint density at radius 1 is 0.559 bits per heavy atom. The highest BCUT2D eigenvalue weighted by Crippen LogP contribution is 2.43. The lowest BCUT2D eigenvalue weighted by atomic mass is 10.0. The predicted octanol–water partition coefficient (Wildman–Crippen LogP) is 14.5. The minimum absolute atomic E-state index is 0.0620. The van der Waals surface area contributed by atoms with Crippen molar-refractivity contribution in [1.82, 2.24) is 5.32 Å². The lowest BCUT2D eigenvalue weighted by Gasteiger charge is -2.25. The Kier molecular flexibility index (Phi) is 41.6. The largest absolute Gasteiger partial charge is 0.472 e. The van der Waals surface area contributed by atoms with E-state index in [1.54, 1.807) is 6.08 Å². The summed E-state index contributed by atoms with van der Waals surface area (Å²) in [5.41, 5.74) is 0. The van der Waals surface area contributed by atoms with E-state index in [2.05, 4.69) is 31.3 Å². The molecule has 0 aromatic heterocycles. The molecule has 0 radical (unpaired) electrons. The number of carbonyl (C=O) groups is 1. The van der Waals surface area contributed by atoms with Crippen LogP contribution >= 0.6 is 7.82 Å². The first-order chi connectivity index (χ1) is 28.5. The smallest absolute Gasteiger partial charge is 0.387 e. The maximum Gasteiger partial charge on any atom is 0.472 e. The van der Waals surface area contributed by atoms with Crippen LogP contribution in [0.4, 0.5) is 0 Å². The highest BCUT2D eigenvalue weighted by molar-refractivity contribution is 7.47. The molecular weight excluding hydrogens is 756 g/mol. The standard InChI is InChI=1S/C50H99N2O6P/c1-6-8-10-12-14-16-18-20-22-24-26-27-29-31-33-35-37-39-41-43-49(53)48(47-58-59(55,56)57-46-45-52(3,4)5)51-50(54)44-42-40-38-36-34-32-30-28-25-23-21-19-17-15-13-11-9-7-2/h23,25,41,43,48-49,53H,6-22,24,26-40,42,44-47H2,1-5H3,(H-,51,54,55,56)/p+1/b25-23-,43-41+. The second-order valence-electron chi connectivity index (χ2n) is 18.5. The van der Waals surface area contributed by atoms with Gasteiger partial charge in [0.2, 0.25) is 5.91 Å². The van der Waals surface area contributed by atoms with Crippen LogP contribution in [0.3, 0.4) is 0 Å². The number of likely N-dealkylation sites (N-methyl/N-ethyl adjacent to an activating group) is 1. The molecule has 3 unspecified atom stereocenters. The molecule has 3 atom stereocenters. The van der Waals surface area contributed by atoms with Crippen molar-refractivity contribution >= 4 is 13.7 Å². The number of unbranched alkanes of at least 4 members (excludes halogenated alkanes) is 31. The van der Waals surface area contributed by atoms with Gasteiger partial charge in [-0.25, -0.2) is 4.57 Å². The zero-order chi connectivity index (χ0) is 43.6. The van der Waals surface area contributed by atoms with Crippen LogP contribution in [0.1, 0.15) is 239 Å². The first-order valence-corrected chi connectivity index (χ1v) is 26.7. The minimum Gasteiger partial charge on any atom is -0.387 e. The number of rotatable bonds is 46. The van der Waals surface area contributed by atoms with Crippen molar-refractivity contribution in [2.45, 2.75) is 251 Å². The summed E-state index contributed by atoms with van der Waals surface area (Å²) < 4.78 is 23.6. The Labute approximate surface area is 366 Å². The fraction of sp³-hybridized carbons (Fsp3) is 0.900. The van der Waals surface area contributed by atoms with E-state index in [0.29, 0.717) is 17.4 Å². The van der Waals surface area contributed by atoms with Gasteiger partial charge in [-0.1, -0.05) is 212 Å². The third-order valence-corrected chi connectivity index (χ3v) is 12.4. The van der Waals surface area contributed by atoms with Gasteiger partial charge in [0, 0.05) is 6.42 Å². The first-order valence-electron chi connectivity index (χ1n) is 25.2. The van der Waals surface area contributed by atoms with Gasteiger partial charge >= 0.3 is 7.82 Å². The number of hydrogen-bond donors (Lipinski definition) is 3. The van der Waals surface area contributed by atoms with Crippen molar-refractivity contribution in [1.29, 1.82) is 0 Å². The fourth-order valence-corrected chi connectivity index (χ4v) is 8.13. The Morgan fingerprint density at radius 3 is 1.31 bits per heavy atom. The number of carbonyl (C=O) groups excluding carboxylic acids is 1. The molecule has 0 heterocycles. The molecule has 0 rings (SSSR count). The number of aliphatic hydroxyl groups excluding tert-OH is 1. The third kappa shape index (κ3) is 44.8. The van der Waals surface area contributed by atoms with E-state index in [4.69, 9.17) is 9.05 Å². The van der Waals surface area contributed by atoms with Crippen molar-refractivity contribution in [2.75, 3.05) is 40.9 Å². The maximum absolute atomic E-state index is 12.9. The average Bonchev–Trinajstić information content (AvgIpc) is 3.19. The van der Waals surface area contributed by atoms with Crippen LogP contribution in [0.15, 0.2) is 24.3 Å². The van der Waals surface area contributed by atoms with E-state index >= 15 is 0 Å². The Hall–Kier alpha value is -1.02. The number of amides is 1. The van der Waals surface area contributed by atoms with Gasteiger partial charge in [0.1, 0.15) is 13.2 Å². The molecule has 0 aliphatic heterocycles. The summed E-state index contributed by atoms with van der Waals surface area (Å²) >= 11 is 0. The van der Waals surface area contributed by atoms with E-state index in [-0.39, 0.29) is 19.1 Å². The SMILES string of the molecule is CCCCCCCCC/C=C\CCCCCCCCCC(=O)NC(COP(=O)(O)OCC[N+](C)(C)C)C(O)/C=C/CCCCCCCCCCCCCCCCCCC. The first kappa shape index (κ1) is 58.0. The summed E-state index contributed by atoms with van der Waals surface area (Å²) in [7, 11) is 1.58. The van der Waals surface area contributed by atoms with Crippen LogP contribution in [0.5, 0.6) is 0 Å². The molecule has 0 aromatic carbocycles. The molecule has 0 saturated carbocycles. The molecule has 0 aliphatic carbocycles. The summed E-state index contributed by atoms with van der Waals surface area (Å²) in [5.74, 6) is -0.179. The number of nitrogens with one attached hydrogen (secondary N) is 1. The maximum atomic E-state index is 12.9. The number of nitrogens with zero attached hydrogens (tertiary/aromatic N) is 1. The van der Waals surface area contributed by atoms with Gasteiger partial charge in [-0.3, -0.25) is 13.8 Å². The van der Waals surface area contributed by atoms with Gasteiger partial charge in [-0.05, 0) is 44.9 Å². The van der Waals surface area contributed by atoms with Gasteiger partial charge in [0.05, 0.1) is 39.9 Å². The zero-order valence-electron chi connectivity index (χ0n) is 39.8. The van der Waals surface area contributed by atoms with Crippen LogP contribution in [-0.4, -0.2) is 73.4 Å². The number of allylic oxidation sites excluding steroid dienone is 3. The zero-order valence-corrected chi connectivity index (χ0v) is 40.7. The Balaban J connectivity index is 4.33. The van der Waals surface area contributed by atoms with Crippen LogP contribution in [0.25, 0.3) is 0 Å².